The summed E-state index contributed by atoms with van der Waals surface area (Å²) in [5, 5.41) is 9.18. The summed E-state index contributed by atoms with van der Waals surface area (Å²) in [4.78, 5) is 13.2. The number of likely N-dealkylation sites (N-methyl/N-ethyl adjacent to an activating group) is 1. The molecule has 0 aliphatic carbocycles. The molecule has 0 aromatic heterocycles. The second-order valence-corrected chi connectivity index (χ2v) is 4.76. The molecule has 18 heavy (non-hydrogen) atoms. The van der Waals surface area contributed by atoms with Gasteiger partial charge < -0.3 is 10.0 Å². The molecule has 3 heteroatoms. The molecule has 0 bridgehead atoms. The number of nitrogens with zero attached hydrogens (tertiary/aromatic N) is 1. The van der Waals surface area contributed by atoms with Gasteiger partial charge in [-0.15, -0.1) is 0 Å². The summed E-state index contributed by atoms with van der Waals surface area (Å²) < 4.78 is 0. The Balaban J connectivity index is 3.07. The van der Waals surface area contributed by atoms with E-state index in [0.717, 1.165) is 11.1 Å². The zero-order chi connectivity index (χ0) is 13.7. The van der Waals surface area contributed by atoms with Crippen molar-refractivity contribution in [2.45, 2.75) is 26.3 Å². The lowest BCUT2D eigenvalue weighted by atomic mass is 9.94. The molecule has 1 atom stereocenters. The van der Waals surface area contributed by atoms with Gasteiger partial charge in [0.2, 0.25) is 0 Å². The zero-order valence-electron chi connectivity index (χ0n) is 11.5. The Hall–Kier alpha value is -1.61. The van der Waals surface area contributed by atoms with Gasteiger partial charge in [0, 0.05) is 11.6 Å². The first-order chi connectivity index (χ1) is 8.43. The smallest absolute Gasteiger partial charge is 0.331 e. The number of hydrogen-bond donors (Lipinski definition) is 1. The lowest BCUT2D eigenvalue weighted by Crippen LogP contribution is -2.29. The van der Waals surface area contributed by atoms with Gasteiger partial charge in [0.1, 0.15) is 0 Å². The molecule has 98 valence electrons. The van der Waals surface area contributed by atoms with E-state index in [1.54, 1.807) is 6.92 Å². The van der Waals surface area contributed by atoms with Crippen molar-refractivity contribution in [2.75, 3.05) is 14.1 Å². The molecular formula is C15H21NO2. The number of carbonyl (C=O) groups is 1. The van der Waals surface area contributed by atoms with Crippen LogP contribution in [-0.4, -0.2) is 36.1 Å². The highest BCUT2D eigenvalue weighted by Crippen LogP contribution is 2.18. The van der Waals surface area contributed by atoms with Crippen LogP contribution in [-0.2, 0) is 11.2 Å². The molecule has 1 aromatic rings. The van der Waals surface area contributed by atoms with Crippen LogP contribution in [0.3, 0.4) is 0 Å². The van der Waals surface area contributed by atoms with Gasteiger partial charge in [-0.2, -0.15) is 0 Å². The molecule has 1 N–H and O–H groups in total. The fraction of sp³-hybridized carbons (Fsp3) is 0.400. The van der Waals surface area contributed by atoms with Gasteiger partial charge in [-0.25, -0.2) is 4.79 Å². The van der Waals surface area contributed by atoms with E-state index in [2.05, 4.69) is 0 Å². The molecule has 0 saturated carbocycles. The van der Waals surface area contributed by atoms with Gasteiger partial charge in [-0.05, 0) is 45.5 Å². The maximum atomic E-state index is 11.2. The summed E-state index contributed by atoms with van der Waals surface area (Å²) in [6, 6.07) is 10.1. The second kappa shape index (κ2) is 6.36. The Labute approximate surface area is 109 Å². The van der Waals surface area contributed by atoms with Crippen LogP contribution in [0, 0.1) is 0 Å². The summed E-state index contributed by atoms with van der Waals surface area (Å²) in [6.45, 7) is 3.71. The molecule has 1 unspecified atom stereocenters. The van der Waals surface area contributed by atoms with Gasteiger partial charge in [0.05, 0.1) is 0 Å². The third kappa shape index (κ3) is 3.70. The molecule has 0 heterocycles. The Morgan fingerprint density at radius 2 is 1.83 bits per heavy atom. The average Bonchev–Trinajstić information content (AvgIpc) is 2.35. The fourth-order valence-electron chi connectivity index (χ4n) is 1.86. The first-order valence-electron chi connectivity index (χ1n) is 6.06. The van der Waals surface area contributed by atoms with Gasteiger partial charge in [0.15, 0.2) is 0 Å². The van der Waals surface area contributed by atoms with E-state index in [1.807, 2.05) is 56.3 Å². The maximum Gasteiger partial charge on any atom is 0.331 e. The van der Waals surface area contributed by atoms with Crippen LogP contribution in [0.4, 0.5) is 0 Å². The van der Waals surface area contributed by atoms with Crippen molar-refractivity contribution >= 4 is 5.97 Å². The van der Waals surface area contributed by atoms with Crippen molar-refractivity contribution in [1.29, 1.82) is 0 Å². The van der Waals surface area contributed by atoms with E-state index in [4.69, 9.17) is 0 Å². The minimum absolute atomic E-state index is 0.112. The van der Waals surface area contributed by atoms with Crippen molar-refractivity contribution in [2.24, 2.45) is 0 Å². The van der Waals surface area contributed by atoms with E-state index >= 15 is 0 Å². The highest BCUT2D eigenvalue weighted by Gasteiger charge is 2.17. The molecule has 0 spiro atoms. The first-order valence-corrected chi connectivity index (χ1v) is 6.06. The predicted octanol–water partition coefficient (Wildman–Crippen LogP) is 2.58. The van der Waals surface area contributed by atoms with Crippen molar-refractivity contribution in [3.63, 3.8) is 0 Å². The lowest BCUT2D eigenvalue weighted by molar-refractivity contribution is -0.132. The van der Waals surface area contributed by atoms with Crippen molar-refractivity contribution in [3.05, 3.63) is 47.0 Å². The quantitative estimate of drug-likeness (QED) is 0.813. The molecule has 0 radical (unpaired) electrons. The molecule has 0 amide bonds. The highest BCUT2D eigenvalue weighted by molar-refractivity contribution is 5.87. The highest BCUT2D eigenvalue weighted by atomic mass is 16.4. The molecular weight excluding hydrogens is 226 g/mol. The number of benzene rings is 1. The number of carboxylic acid groups (broad SMARTS) is 1. The van der Waals surface area contributed by atoms with Crippen LogP contribution in [0.15, 0.2) is 41.5 Å². The second-order valence-electron chi connectivity index (χ2n) is 4.76. The van der Waals surface area contributed by atoms with E-state index in [-0.39, 0.29) is 6.04 Å². The maximum absolute atomic E-state index is 11.2. The lowest BCUT2D eigenvalue weighted by Gasteiger charge is -2.24. The SMILES string of the molecule is CC(C(=O)O)=C(Cc1ccccc1)C(C)N(C)C. The Morgan fingerprint density at radius 1 is 1.28 bits per heavy atom. The van der Waals surface area contributed by atoms with Gasteiger partial charge in [-0.1, -0.05) is 30.3 Å². The van der Waals surface area contributed by atoms with Crippen LogP contribution in [0.5, 0.6) is 0 Å². The van der Waals surface area contributed by atoms with Crippen LogP contribution in [0.1, 0.15) is 19.4 Å². The van der Waals surface area contributed by atoms with Crippen molar-refractivity contribution in [1.82, 2.24) is 4.90 Å². The molecule has 0 saturated heterocycles. The fourth-order valence-corrected chi connectivity index (χ4v) is 1.86. The molecule has 0 aliphatic heterocycles. The Morgan fingerprint density at radius 3 is 2.28 bits per heavy atom. The predicted molar refractivity (Wildman–Crippen MR) is 73.6 cm³/mol. The molecule has 0 fully saturated rings. The Bertz CT molecular complexity index is 435. The number of carboxylic acids is 1. The number of aliphatic carboxylic acids is 1. The monoisotopic (exact) mass is 247 g/mol. The normalized spacial score (nSPS) is 14.3. The zero-order valence-corrected chi connectivity index (χ0v) is 11.5. The summed E-state index contributed by atoms with van der Waals surface area (Å²) >= 11 is 0. The van der Waals surface area contributed by atoms with Crippen LogP contribution in [0.25, 0.3) is 0 Å². The van der Waals surface area contributed by atoms with E-state index in [1.165, 1.54) is 0 Å². The molecule has 3 nitrogen and oxygen atoms in total. The van der Waals surface area contributed by atoms with Crippen LogP contribution in [0.2, 0.25) is 0 Å². The average molecular weight is 247 g/mol. The minimum atomic E-state index is -0.838. The molecule has 1 rings (SSSR count). The van der Waals surface area contributed by atoms with Gasteiger partial charge in [0.25, 0.3) is 0 Å². The number of rotatable bonds is 5. The van der Waals surface area contributed by atoms with Crippen molar-refractivity contribution in [3.8, 4) is 0 Å². The third-order valence-corrected chi connectivity index (χ3v) is 3.32. The van der Waals surface area contributed by atoms with Crippen LogP contribution < -0.4 is 0 Å². The van der Waals surface area contributed by atoms with E-state index < -0.39 is 5.97 Å². The first kappa shape index (κ1) is 14.5. The van der Waals surface area contributed by atoms with Gasteiger partial charge in [-0.3, -0.25) is 0 Å². The third-order valence-electron chi connectivity index (χ3n) is 3.32. The summed E-state index contributed by atoms with van der Waals surface area (Å²) in [6.07, 6.45) is 0.679. The minimum Gasteiger partial charge on any atom is -0.478 e. The Kier molecular flexibility index (Phi) is 5.10. The largest absolute Gasteiger partial charge is 0.478 e. The van der Waals surface area contributed by atoms with Crippen LogP contribution >= 0.6 is 0 Å². The van der Waals surface area contributed by atoms with E-state index in [0.29, 0.717) is 12.0 Å². The molecule has 1 aromatic carbocycles. The van der Waals surface area contributed by atoms with Crippen molar-refractivity contribution < 1.29 is 9.90 Å². The summed E-state index contributed by atoms with van der Waals surface area (Å²) in [7, 11) is 3.93. The summed E-state index contributed by atoms with van der Waals surface area (Å²) in [5.74, 6) is -0.838. The van der Waals surface area contributed by atoms with E-state index in [9.17, 15) is 9.90 Å². The van der Waals surface area contributed by atoms with Gasteiger partial charge >= 0.3 is 5.97 Å². The number of hydrogen-bond acceptors (Lipinski definition) is 2. The standard InChI is InChI=1S/C15H21NO2/c1-11(15(17)18)14(12(2)16(3)4)10-13-8-6-5-7-9-13/h5-9,12H,10H2,1-4H3,(H,17,18). The summed E-state index contributed by atoms with van der Waals surface area (Å²) in [5.41, 5.74) is 2.54. The molecule has 0 aliphatic rings. The topological polar surface area (TPSA) is 40.5 Å².